The number of hydrogen-bond acceptors (Lipinski definition) is 3. The molecule has 0 saturated heterocycles. The van der Waals surface area contributed by atoms with E-state index >= 15 is 0 Å². The average molecular weight is 294 g/mol. The van der Waals surface area contributed by atoms with E-state index in [2.05, 4.69) is 10.5 Å². The van der Waals surface area contributed by atoms with Crippen LogP contribution in [0, 0.1) is 13.8 Å². The molecule has 2 aromatic rings. The van der Waals surface area contributed by atoms with Gasteiger partial charge in [-0.05, 0) is 36.6 Å². The lowest BCUT2D eigenvalue weighted by molar-refractivity contribution is -0.125. The van der Waals surface area contributed by atoms with Crippen LogP contribution in [0.4, 0.5) is 5.69 Å². The van der Waals surface area contributed by atoms with Gasteiger partial charge in [-0.25, -0.2) is 0 Å². The zero-order valence-electron chi connectivity index (χ0n) is 12.7. The molecule has 0 aromatic heterocycles. The molecule has 1 aliphatic rings. The molecule has 0 saturated carbocycles. The van der Waals surface area contributed by atoms with Crippen LogP contribution in [0.5, 0.6) is 0 Å². The van der Waals surface area contributed by atoms with E-state index in [1.165, 1.54) is 0 Å². The lowest BCUT2D eigenvalue weighted by atomic mass is 10.0. The van der Waals surface area contributed by atoms with Crippen molar-refractivity contribution in [2.24, 2.45) is 5.16 Å². The molecule has 4 heteroatoms. The van der Waals surface area contributed by atoms with E-state index in [0.29, 0.717) is 6.42 Å². The molecule has 1 unspecified atom stereocenters. The second-order valence-corrected chi connectivity index (χ2v) is 5.51. The van der Waals surface area contributed by atoms with Gasteiger partial charge in [0.25, 0.3) is 5.91 Å². The summed E-state index contributed by atoms with van der Waals surface area (Å²) in [4.78, 5) is 17.6. The number of aryl methyl sites for hydroxylation is 2. The SMILES string of the molecule is Cc1ccc(C)c(NC(=O)C2CC(c3ccccc3)=NO2)c1. The molecule has 1 amide bonds. The zero-order chi connectivity index (χ0) is 15.5. The van der Waals surface area contributed by atoms with Crippen molar-refractivity contribution in [2.75, 3.05) is 5.32 Å². The van der Waals surface area contributed by atoms with Gasteiger partial charge in [-0.2, -0.15) is 0 Å². The normalized spacial score (nSPS) is 16.8. The predicted molar refractivity (Wildman–Crippen MR) is 87.0 cm³/mol. The third-order valence-electron chi connectivity index (χ3n) is 3.72. The van der Waals surface area contributed by atoms with Crippen LogP contribution in [0.25, 0.3) is 0 Å². The molecule has 1 N–H and O–H groups in total. The molecule has 22 heavy (non-hydrogen) atoms. The van der Waals surface area contributed by atoms with Gasteiger partial charge in [-0.3, -0.25) is 4.79 Å². The van der Waals surface area contributed by atoms with E-state index in [1.807, 2.05) is 62.4 Å². The molecule has 0 bridgehead atoms. The summed E-state index contributed by atoms with van der Waals surface area (Å²) in [6.07, 6.45) is -0.0871. The van der Waals surface area contributed by atoms with Gasteiger partial charge < -0.3 is 10.2 Å². The number of benzene rings is 2. The van der Waals surface area contributed by atoms with E-state index in [9.17, 15) is 4.79 Å². The maximum absolute atomic E-state index is 12.3. The highest BCUT2D eigenvalue weighted by Gasteiger charge is 2.29. The fourth-order valence-electron chi connectivity index (χ4n) is 2.40. The van der Waals surface area contributed by atoms with Crippen molar-refractivity contribution in [1.29, 1.82) is 0 Å². The van der Waals surface area contributed by atoms with Crippen LogP contribution in [-0.2, 0) is 9.63 Å². The molecule has 0 radical (unpaired) electrons. The van der Waals surface area contributed by atoms with Crippen molar-refractivity contribution in [3.8, 4) is 0 Å². The minimum absolute atomic E-state index is 0.164. The topological polar surface area (TPSA) is 50.7 Å². The first kappa shape index (κ1) is 14.3. The van der Waals surface area contributed by atoms with Gasteiger partial charge in [0, 0.05) is 12.1 Å². The molecule has 1 aliphatic heterocycles. The zero-order valence-corrected chi connectivity index (χ0v) is 12.7. The van der Waals surface area contributed by atoms with E-state index in [4.69, 9.17) is 4.84 Å². The molecule has 1 heterocycles. The fraction of sp³-hybridized carbons (Fsp3) is 0.222. The molecular weight excluding hydrogens is 276 g/mol. The number of carbonyl (C=O) groups is 1. The summed E-state index contributed by atoms with van der Waals surface area (Å²) in [5.74, 6) is -0.164. The molecule has 2 aromatic carbocycles. The number of oxime groups is 1. The summed E-state index contributed by atoms with van der Waals surface area (Å²) in [5.41, 5.74) is 4.75. The summed E-state index contributed by atoms with van der Waals surface area (Å²) in [5, 5.41) is 6.97. The number of carbonyl (C=O) groups excluding carboxylic acids is 1. The Hall–Kier alpha value is -2.62. The van der Waals surface area contributed by atoms with Gasteiger partial charge in [0.2, 0.25) is 6.10 Å². The van der Waals surface area contributed by atoms with Crippen molar-refractivity contribution in [3.63, 3.8) is 0 Å². The summed E-state index contributed by atoms with van der Waals surface area (Å²) >= 11 is 0. The minimum atomic E-state index is -0.574. The molecular formula is C18H18N2O2. The van der Waals surface area contributed by atoms with Crippen molar-refractivity contribution in [1.82, 2.24) is 0 Å². The maximum atomic E-state index is 12.3. The number of amides is 1. The summed E-state index contributed by atoms with van der Waals surface area (Å²) in [6.45, 7) is 3.97. The number of anilines is 1. The number of nitrogens with zero attached hydrogens (tertiary/aromatic N) is 1. The average Bonchev–Trinajstić information content (AvgIpc) is 3.02. The van der Waals surface area contributed by atoms with Gasteiger partial charge in [0.05, 0.1) is 5.71 Å². The van der Waals surface area contributed by atoms with Crippen molar-refractivity contribution in [3.05, 3.63) is 65.2 Å². The van der Waals surface area contributed by atoms with Crippen molar-refractivity contribution >= 4 is 17.3 Å². The second kappa shape index (κ2) is 6.02. The molecule has 3 rings (SSSR count). The van der Waals surface area contributed by atoms with Gasteiger partial charge in [0.1, 0.15) is 0 Å². The Morgan fingerprint density at radius 3 is 2.73 bits per heavy atom. The lowest BCUT2D eigenvalue weighted by Crippen LogP contribution is -2.28. The first-order valence-electron chi connectivity index (χ1n) is 7.30. The highest BCUT2D eigenvalue weighted by Crippen LogP contribution is 2.20. The Kier molecular flexibility index (Phi) is 3.92. The van der Waals surface area contributed by atoms with Crippen LogP contribution in [0.15, 0.2) is 53.7 Å². The Morgan fingerprint density at radius 1 is 1.18 bits per heavy atom. The minimum Gasteiger partial charge on any atom is -0.382 e. The van der Waals surface area contributed by atoms with Crippen LogP contribution in [0.1, 0.15) is 23.1 Å². The molecule has 4 nitrogen and oxygen atoms in total. The first-order chi connectivity index (χ1) is 10.6. The molecule has 0 spiro atoms. The maximum Gasteiger partial charge on any atom is 0.268 e. The van der Waals surface area contributed by atoms with Crippen LogP contribution in [-0.4, -0.2) is 17.7 Å². The predicted octanol–water partition coefficient (Wildman–Crippen LogP) is 3.44. The van der Waals surface area contributed by atoms with Crippen LogP contribution < -0.4 is 5.32 Å². The molecule has 1 atom stereocenters. The molecule has 112 valence electrons. The van der Waals surface area contributed by atoms with E-state index < -0.39 is 6.10 Å². The largest absolute Gasteiger partial charge is 0.382 e. The Labute approximate surface area is 129 Å². The summed E-state index contributed by atoms with van der Waals surface area (Å²) < 4.78 is 0. The van der Waals surface area contributed by atoms with Gasteiger partial charge in [-0.1, -0.05) is 47.6 Å². The third kappa shape index (κ3) is 3.01. The quantitative estimate of drug-likeness (QED) is 0.942. The number of rotatable bonds is 3. The van der Waals surface area contributed by atoms with Gasteiger partial charge >= 0.3 is 0 Å². The van der Waals surface area contributed by atoms with E-state index in [0.717, 1.165) is 28.1 Å². The third-order valence-corrected chi connectivity index (χ3v) is 3.72. The Morgan fingerprint density at radius 2 is 1.95 bits per heavy atom. The first-order valence-corrected chi connectivity index (χ1v) is 7.30. The number of nitrogens with one attached hydrogen (secondary N) is 1. The molecule has 0 aliphatic carbocycles. The van der Waals surface area contributed by atoms with Crippen molar-refractivity contribution < 1.29 is 9.63 Å². The standard InChI is InChI=1S/C18H18N2O2/c1-12-8-9-13(2)15(10-12)19-18(21)17-11-16(20-22-17)14-6-4-3-5-7-14/h3-10,17H,11H2,1-2H3,(H,19,21). The molecule has 0 fully saturated rings. The Bertz CT molecular complexity index is 723. The van der Waals surface area contributed by atoms with Crippen LogP contribution >= 0.6 is 0 Å². The number of hydrogen-bond donors (Lipinski definition) is 1. The van der Waals surface area contributed by atoms with Crippen molar-refractivity contribution in [2.45, 2.75) is 26.4 Å². The fourth-order valence-corrected chi connectivity index (χ4v) is 2.40. The smallest absolute Gasteiger partial charge is 0.268 e. The van der Waals surface area contributed by atoms with Gasteiger partial charge in [0.15, 0.2) is 0 Å². The van der Waals surface area contributed by atoms with E-state index in [1.54, 1.807) is 0 Å². The highest BCUT2D eigenvalue weighted by molar-refractivity contribution is 6.06. The monoisotopic (exact) mass is 294 g/mol. The summed E-state index contributed by atoms with van der Waals surface area (Å²) in [7, 11) is 0. The van der Waals surface area contributed by atoms with Gasteiger partial charge in [-0.15, -0.1) is 0 Å². The Balaban J connectivity index is 1.67. The lowest BCUT2D eigenvalue weighted by Gasteiger charge is -2.12. The van der Waals surface area contributed by atoms with Crippen LogP contribution in [0.3, 0.4) is 0 Å². The summed E-state index contributed by atoms with van der Waals surface area (Å²) in [6, 6.07) is 15.7. The highest BCUT2D eigenvalue weighted by atomic mass is 16.6. The second-order valence-electron chi connectivity index (χ2n) is 5.51. The van der Waals surface area contributed by atoms with Crippen LogP contribution in [0.2, 0.25) is 0 Å². The van der Waals surface area contributed by atoms with E-state index in [-0.39, 0.29) is 5.91 Å².